The minimum atomic E-state index is -0.524. The van der Waals surface area contributed by atoms with Gasteiger partial charge in [0, 0.05) is 18.8 Å². The summed E-state index contributed by atoms with van der Waals surface area (Å²) in [6.07, 6.45) is 3.44. The summed E-state index contributed by atoms with van der Waals surface area (Å²) in [5, 5.41) is 13.1. The Morgan fingerprint density at radius 3 is 2.72 bits per heavy atom. The maximum atomic E-state index is 13.3. The van der Waals surface area contributed by atoms with Crippen LogP contribution in [0.5, 0.6) is 0 Å². The largest absolute Gasteiger partial charge is 0.391 e. The van der Waals surface area contributed by atoms with Crippen LogP contribution < -0.4 is 16.6 Å². The molecule has 4 N–H and O–H groups in total. The molecule has 1 fully saturated rings. The maximum absolute atomic E-state index is 13.3. The second kappa shape index (κ2) is 9.27. The fourth-order valence-corrected chi connectivity index (χ4v) is 3.75. The zero-order chi connectivity index (χ0) is 22.7. The van der Waals surface area contributed by atoms with Crippen molar-refractivity contribution in [2.45, 2.75) is 38.0 Å². The number of pyridine rings is 1. The Bertz CT molecular complexity index is 1190. The molecule has 2 heterocycles. The molecule has 4 rings (SSSR count). The van der Waals surface area contributed by atoms with Gasteiger partial charge in [0.1, 0.15) is 11.4 Å². The van der Waals surface area contributed by atoms with Gasteiger partial charge in [-0.15, -0.1) is 0 Å². The maximum Gasteiger partial charge on any atom is 0.265 e. The zero-order valence-corrected chi connectivity index (χ0v) is 17.7. The summed E-state index contributed by atoms with van der Waals surface area (Å²) in [4.78, 5) is 25.3. The molecule has 32 heavy (non-hydrogen) atoms. The van der Waals surface area contributed by atoms with Crippen molar-refractivity contribution >= 4 is 18.0 Å². The molecule has 0 radical (unpaired) electrons. The van der Waals surface area contributed by atoms with E-state index in [-0.39, 0.29) is 23.0 Å². The van der Waals surface area contributed by atoms with Gasteiger partial charge in [-0.25, -0.2) is 4.98 Å². The average molecular weight is 436 g/mol. The fourth-order valence-electron chi connectivity index (χ4n) is 3.75. The van der Waals surface area contributed by atoms with Gasteiger partial charge in [-0.05, 0) is 37.0 Å². The lowest BCUT2D eigenvalue weighted by atomic mass is 10.1. The third-order valence-electron chi connectivity index (χ3n) is 5.61. The highest BCUT2D eigenvalue weighted by molar-refractivity contribution is 5.85. The van der Waals surface area contributed by atoms with Crippen molar-refractivity contribution in [1.29, 1.82) is 0 Å². The molecule has 166 valence electrons. The molecule has 0 amide bonds. The van der Waals surface area contributed by atoms with Crippen molar-refractivity contribution in [2.75, 3.05) is 11.1 Å². The SMILES string of the molecule is Cn1c(NC2CCC[C@H]2O)nc(N)c(C=NCc2ccc(-c3cccc(F)n3)cc2)c1=O. The van der Waals surface area contributed by atoms with E-state index in [2.05, 4.69) is 20.3 Å². The number of aliphatic hydroxyl groups excluding tert-OH is 1. The van der Waals surface area contributed by atoms with Crippen molar-refractivity contribution in [3.63, 3.8) is 0 Å². The van der Waals surface area contributed by atoms with Crippen LogP contribution in [0.1, 0.15) is 30.4 Å². The number of nitrogen functional groups attached to an aromatic ring is 1. The van der Waals surface area contributed by atoms with Gasteiger partial charge in [0.15, 0.2) is 0 Å². The van der Waals surface area contributed by atoms with Gasteiger partial charge in [-0.3, -0.25) is 14.4 Å². The number of benzene rings is 1. The molecule has 0 aliphatic heterocycles. The van der Waals surface area contributed by atoms with E-state index in [0.29, 0.717) is 18.2 Å². The zero-order valence-electron chi connectivity index (χ0n) is 17.7. The molecule has 1 aliphatic carbocycles. The number of aliphatic imine (C=N–C) groups is 1. The highest BCUT2D eigenvalue weighted by atomic mass is 19.1. The highest BCUT2D eigenvalue weighted by Crippen LogP contribution is 2.22. The topological polar surface area (TPSA) is 118 Å². The van der Waals surface area contributed by atoms with Gasteiger partial charge in [-0.2, -0.15) is 9.37 Å². The third kappa shape index (κ3) is 4.67. The van der Waals surface area contributed by atoms with E-state index in [9.17, 15) is 14.3 Å². The summed E-state index contributed by atoms with van der Waals surface area (Å²) in [5.74, 6) is -0.110. The first kappa shape index (κ1) is 21.6. The van der Waals surface area contributed by atoms with Crippen LogP contribution >= 0.6 is 0 Å². The van der Waals surface area contributed by atoms with E-state index in [0.717, 1.165) is 30.4 Å². The fraction of sp³-hybridized carbons (Fsp3) is 0.304. The van der Waals surface area contributed by atoms with Gasteiger partial charge >= 0.3 is 0 Å². The second-order valence-electron chi connectivity index (χ2n) is 7.86. The quantitative estimate of drug-likeness (QED) is 0.404. The van der Waals surface area contributed by atoms with Crippen molar-refractivity contribution in [3.8, 4) is 11.3 Å². The minimum Gasteiger partial charge on any atom is -0.391 e. The Balaban J connectivity index is 1.46. The van der Waals surface area contributed by atoms with Gasteiger partial charge in [0.05, 0.1) is 24.4 Å². The van der Waals surface area contributed by atoms with E-state index in [1.807, 2.05) is 24.3 Å². The molecule has 3 aromatic rings. The lowest BCUT2D eigenvalue weighted by molar-refractivity contribution is 0.171. The lowest BCUT2D eigenvalue weighted by Gasteiger charge is -2.19. The number of nitrogens with one attached hydrogen (secondary N) is 1. The second-order valence-corrected chi connectivity index (χ2v) is 7.86. The van der Waals surface area contributed by atoms with Crippen LogP contribution in [-0.4, -0.2) is 38.0 Å². The summed E-state index contributed by atoms with van der Waals surface area (Å²) in [7, 11) is 1.61. The molecule has 1 unspecified atom stereocenters. The lowest BCUT2D eigenvalue weighted by Crippen LogP contribution is -2.33. The summed E-state index contributed by atoms with van der Waals surface area (Å²) >= 11 is 0. The number of hydrogen-bond acceptors (Lipinski definition) is 7. The van der Waals surface area contributed by atoms with Crippen molar-refractivity contribution in [2.24, 2.45) is 12.0 Å². The highest BCUT2D eigenvalue weighted by Gasteiger charge is 2.26. The first-order chi connectivity index (χ1) is 15.4. The van der Waals surface area contributed by atoms with Crippen molar-refractivity contribution < 1.29 is 9.50 Å². The first-order valence-corrected chi connectivity index (χ1v) is 10.4. The van der Waals surface area contributed by atoms with Gasteiger partial charge in [0.2, 0.25) is 11.9 Å². The van der Waals surface area contributed by atoms with Crippen molar-refractivity contribution in [1.82, 2.24) is 14.5 Å². The number of hydrogen-bond donors (Lipinski definition) is 3. The molecule has 9 heteroatoms. The van der Waals surface area contributed by atoms with Crippen LogP contribution in [0.3, 0.4) is 0 Å². The Morgan fingerprint density at radius 1 is 1.25 bits per heavy atom. The predicted octanol–water partition coefficient (Wildman–Crippen LogP) is 2.51. The number of aliphatic hydroxyl groups is 1. The number of nitrogens with zero attached hydrogens (tertiary/aromatic N) is 4. The van der Waals surface area contributed by atoms with E-state index >= 15 is 0 Å². The van der Waals surface area contributed by atoms with Crippen LogP contribution in [0.4, 0.5) is 16.2 Å². The molecular formula is C23H25FN6O2. The van der Waals surface area contributed by atoms with Gasteiger partial charge in [-0.1, -0.05) is 30.3 Å². The standard InChI is InChI=1S/C23H25FN6O2/c1-30-22(32)16(21(25)29-23(30)28-18-5-2-6-19(18)31)13-26-12-14-8-10-15(11-9-14)17-4-3-7-20(24)27-17/h3-4,7-11,13,18-19,31H,2,5-6,12,25H2,1H3,(H,28,29)/t18?,19-/m1/s1. The van der Waals surface area contributed by atoms with E-state index in [4.69, 9.17) is 5.73 Å². The molecule has 1 saturated carbocycles. The third-order valence-corrected chi connectivity index (χ3v) is 5.61. The molecule has 0 spiro atoms. The molecule has 0 bridgehead atoms. The van der Waals surface area contributed by atoms with Gasteiger partial charge in [0.25, 0.3) is 5.56 Å². The summed E-state index contributed by atoms with van der Waals surface area (Å²) < 4.78 is 14.7. The minimum absolute atomic E-state index is 0.0827. The number of rotatable bonds is 6. The number of nitrogens with two attached hydrogens (primary N) is 1. The molecule has 2 atom stereocenters. The number of aromatic nitrogens is 3. The van der Waals surface area contributed by atoms with Crippen LogP contribution in [0.15, 0.2) is 52.3 Å². The molecule has 0 saturated heterocycles. The molecule has 2 aromatic heterocycles. The predicted molar refractivity (Wildman–Crippen MR) is 122 cm³/mol. The van der Waals surface area contributed by atoms with E-state index in [1.54, 1.807) is 19.2 Å². The van der Waals surface area contributed by atoms with Crippen LogP contribution in [-0.2, 0) is 13.6 Å². The Kier molecular flexibility index (Phi) is 6.27. The number of anilines is 2. The Morgan fingerprint density at radius 2 is 2.03 bits per heavy atom. The van der Waals surface area contributed by atoms with Crippen molar-refractivity contribution in [3.05, 3.63) is 69.9 Å². The Hall–Kier alpha value is -3.59. The van der Waals surface area contributed by atoms with Crippen LogP contribution in [0.2, 0.25) is 0 Å². The smallest absolute Gasteiger partial charge is 0.265 e. The normalized spacial score (nSPS) is 18.3. The molecule has 1 aromatic carbocycles. The summed E-state index contributed by atoms with van der Waals surface area (Å²) in [6, 6.07) is 12.0. The first-order valence-electron chi connectivity index (χ1n) is 10.4. The average Bonchev–Trinajstić information content (AvgIpc) is 3.19. The summed E-state index contributed by atoms with van der Waals surface area (Å²) in [5.41, 5.74) is 8.19. The molecule has 8 nitrogen and oxygen atoms in total. The number of halogens is 1. The molecular weight excluding hydrogens is 411 g/mol. The van der Waals surface area contributed by atoms with E-state index in [1.165, 1.54) is 16.8 Å². The Labute approximate surface area is 184 Å². The van der Waals surface area contributed by atoms with Crippen LogP contribution in [0.25, 0.3) is 11.3 Å². The monoisotopic (exact) mass is 436 g/mol. The molecule has 1 aliphatic rings. The van der Waals surface area contributed by atoms with E-state index < -0.39 is 12.1 Å². The van der Waals surface area contributed by atoms with Crippen LogP contribution in [0, 0.1) is 5.95 Å². The summed E-state index contributed by atoms with van der Waals surface area (Å²) in [6.45, 7) is 0.341. The van der Waals surface area contributed by atoms with Gasteiger partial charge < -0.3 is 16.2 Å².